The molecule has 2 rings (SSSR count). The van der Waals surface area contributed by atoms with E-state index in [1.54, 1.807) is 12.1 Å². The third-order valence-corrected chi connectivity index (χ3v) is 3.85. The summed E-state index contributed by atoms with van der Waals surface area (Å²) in [5.74, 6) is 1.08. The average Bonchev–Trinajstić information content (AvgIpc) is 2.61. The van der Waals surface area contributed by atoms with Crippen molar-refractivity contribution >= 4 is 5.97 Å². The van der Waals surface area contributed by atoms with Crippen molar-refractivity contribution in [2.24, 2.45) is 0 Å². The summed E-state index contributed by atoms with van der Waals surface area (Å²) in [7, 11) is 0. The van der Waals surface area contributed by atoms with Crippen molar-refractivity contribution in [3.8, 4) is 17.1 Å². The van der Waals surface area contributed by atoms with E-state index in [2.05, 4.69) is 23.8 Å². The molecular weight excluding hydrogens is 300 g/mol. The Morgan fingerprint density at radius 1 is 0.958 bits per heavy atom. The first-order valence-electron chi connectivity index (χ1n) is 8.85. The Balaban J connectivity index is 1.93. The molecule has 0 N–H and O–H groups in total. The maximum Gasteiger partial charge on any atom is 0.311 e. The fraction of sp³-hybridized carbons (Fsp3) is 0.450. The molecule has 0 aliphatic rings. The largest absolute Gasteiger partial charge is 0.427 e. The summed E-state index contributed by atoms with van der Waals surface area (Å²) in [4.78, 5) is 20.5. The lowest BCUT2D eigenvalue weighted by Crippen LogP contribution is -2.07. The zero-order chi connectivity index (χ0) is 17.2. The number of aryl methyl sites for hydroxylation is 1. The molecule has 0 saturated heterocycles. The van der Waals surface area contributed by atoms with E-state index in [-0.39, 0.29) is 5.97 Å². The molecule has 0 saturated carbocycles. The summed E-state index contributed by atoms with van der Waals surface area (Å²) in [6.45, 7) is 4.25. The molecule has 1 aromatic carbocycles. The van der Waals surface area contributed by atoms with E-state index < -0.39 is 0 Å². The van der Waals surface area contributed by atoms with Crippen LogP contribution < -0.4 is 4.74 Å². The molecule has 0 spiro atoms. The summed E-state index contributed by atoms with van der Waals surface area (Å²) in [5.41, 5.74) is 2.09. The van der Waals surface area contributed by atoms with Gasteiger partial charge in [0.25, 0.3) is 0 Å². The Kier molecular flexibility index (Phi) is 7.40. The minimum absolute atomic E-state index is 0.183. The van der Waals surface area contributed by atoms with Crippen molar-refractivity contribution in [3.63, 3.8) is 0 Å². The first kappa shape index (κ1) is 18.1. The summed E-state index contributed by atoms with van der Waals surface area (Å²) >= 11 is 0. The quantitative estimate of drug-likeness (QED) is 0.371. The zero-order valence-corrected chi connectivity index (χ0v) is 14.6. The number of carbonyl (C=O) groups excluding carboxylic acids is 1. The number of carbonyl (C=O) groups is 1. The van der Waals surface area contributed by atoms with E-state index in [0.29, 0.717) is 18.0 Å². The molecule has 4 heteroatoms. The summed E-state index contributed by atoms with van der Waals surface area (Å²) in [6, 6.07) is 7.35. The number of ether oxygens (including phenoxy) is 1. The number of benzene rings is 1. The van der Waals surface area contributed by atoms with Crippen LogP contribution in [0.15, 0.2) is 36.7 Å². The number of hydrogen-bond acceptors (Lipinski definition) is 4. The first-order valence-corrected chi connectivity index (χ1v) is 8.85. The van der Waals surface area contributed by atoms with Gasteiger partial charge >= 0.3 is 5.97 Å². The molecule has 0 fully saturated rings. The fourth-order valence-electron chi connectivity index (χ4n) is 2.39. The molecule has 0 bridgehead atoms. The molecule has 2 aromatic rings. The molecule has 1 aromatic heterocycles. The molecule has 0 radical (unpaired) electrons. The Labute approximate surface area is 144 Å². The summed E-state index contributed by atoms with van der Waals surface area (Å²) < 4.78 is 5.30. The van der Waals surface area contributed by atoms with Gasteiger partial charge in [0.1, 0.15) is 5.75 Å². The number of hydrogen-bond donors (Lipinski definition) is 0. The van der Waals surface area contributed by atoms with E-state index >= 15 is 0 Å². The number of rotatable bonds is 9. The minimum atomic E-state index is -0.183. The van der Waals surface area contributed by atoms with Gasteiger partial charge < -0.3 is 4.74 Å². The van der Waals surface area contributed by atoms with E-state index in [1.165, 1.54) is 24.8 Å². The maximum atomic E-state index is 11.6. The highest BCUT2D eigenvalue weighted by molar-refractivity contribution is 5.72. The van der Waals surface area contributed by atoms with Gasteiger partial charge in [-0.1, -0.05) is 33.1 Å². The van der Waals surface area contributed by atoms with Crippen LogP contribution in [0.3, 0.4) is 0 Å². The highest BCUT2D eigenvalue weighted by Gasteiger charge is 2.06. The third-order valence-electron chi connectivity index (χ3n) is 3.85. The highest BCUT2D eigenvalue weighted by atomic mass is 16.5. The van der Waals surface area contributed by atoms with Gasteiger partial charge in [0.2, 0.25) is 0 Å². The van der Waals surface area contributed by atoms with E-state index in [1.807, 2.05) is 24.5 Å². The van der Waals surface area contributed by atoms with Gasteiger partial charge in [-0.3, -0.25) is 4.79 Å². The van der Waals surface area contributed by atoms with Crippen LogP contribution in [0.4, 0.5) is 0 Å². The Morgan fingerprint density at radius 3 is 2.25 bits per heavy atom. The monoisotopic (exact) mass is 326 g/mol. The molecule has 24 heavy (non-hydrogen) atoms. The Morgan fingerprint density at radius 2 is 1.62 bits per heavy atom. The lowest BCUT2D eigenvalue weighted by molar-refractivity contribution is -0.134. The standard InChI is InChI=1S/C20H26N2O2/c1-3-5-7-8-16-14-21-20(22-15-16)17-10-12-18(13-11-17)24-19(23)9-6-4-2/h10-15H,3-9H2,1-2H3. The van der Waals surface area contributed by atoms with Crippen molar-refractivity contribution < 1.29 is 9.53 Å². The molecule has 0 aliphatic carbocycles. The fourth-order valence-corrected chi connectivity index (χ4v) is 2.39. The van der Waals surface area contributed by atoms with Crippen LogP contribution in [0, 0.1) is 0 Å². The van der Waals surface area contributed by atoms with E-state index in [0.717, 1.165) is 24.8 Å². The number of esters is 1. The van der Waals surface area contributed by atoms with Gasteiger partial charge in [-0.2, -0.15) is 0 Å². The van der Waals surface area contributed by atoms with Crippen LogP contribution in [0.2, 0.25) is 0 Å². The Bertz CT molecular complexity index is 621. The van der Waals surface area contributed by atoms with Crippen molar-refractivity contribution in [1.29, 1.82) is 0 Å². The zero-order valence-electron chi connectivity index (χ0n) is 14.6. The molecule has 0 amide bonds. The average molecular weight is 326 g/mol. The van der Waals surface area contributed by atoms with Gasteiger partial charge in [0.05, 0.1) is 0 Å². The molecule has 4 nitrogen and oxygen atoms in total. The minimum Gasteiger partial charge on any atom is -0.427 e. The number of unbranched alkanes of at least 4 members (excludes halogenated alkanes) is 3. The Hall–Kier alpha value is -2.23. The van der Waals surface area contributed by atoms with Gasteiger partial charge in [0.15, 0.2) is 5.82 Å². The lowest BCUT2D eigenvalue weighted by Gasteiger charge is -2.06. The maximum absolute atomic E-state index is 11.6. The van der Waals surface area contributed by atoms with Crippen LogP contribution in [0.5, 0.6) is 5.75 Å². The second-order valence-corrected chi connectivity index (χ2v) is 5.97. The van der Waals surface area contributed by atoms with Crippen LogP contribution in [-0.2, 0) is 11.2 Å². The van der Waals surface area contributed by atoms with Crippen molar-refractivity contribution in [2.45, 2.75) is 58.8 Å². The second-order valence-electron chi connectivity index (χ2n) is 5.97. The number of nitrogens with zero attached hydrogens (tertiary/aromatic N) is 2. The van der Waals surface area contributed by atoms with Crippen LogP contribution in [-0.4, -0.2) is 15.9 Å². The lowest BCUT2D eigenvalue weighted by atomic mass is 10.1. The third kappa shape index (κ3) is 5.76. The first-order chi connectivity index (χ1) is 11.7. The summed E-state index contributed by atoms with van der Waals surface area (Å²) in [6.07, 6.45) is 10.8. The molecule has 0 atom stereocenters. The van der Waals surface area contributed by atoms with Crippen molar-refractivity contribution in [3.05, 3.63) is 42.2 Å². The van der Waals surface area contributed by atoms with Crippen molar-refractivity contribution in [1.82, 2.24) is 9.97 Å². The van der Waals surface area contributed by atoms with Crippen LogP contribution >= 0.6 is 0 Å². The molecular formula is C20H26N2O2. The molecule has 0 unspecified atom stereocenters. The van der Waals surface area contributed by atoms with Gasteiger partial charge in [-0.25, -0.2) is 9.97 Å². The highest BCUT2D eigenvalue weighted by Crippen LogP contribution is 2.20. The normalized spacial score (nSPS) is 10.6. The van der Waals surface area contributed by atoms with Crippen molar-refractivity contribution in [2.75, 3.05) is 0 Å². The van der Waals surface area contributed by atoms with E-state index in [4.69, 9.17) is 4.74 Å². The molecule has 0 aliphatic heterocycles. The van der Waals surface area contributed by atoms with Crippen LogP contribution in [0.1, 0.15) is 57.9 Å². The smallest absolute Gasteiger partial charge is 0.311 e. The predicted molar refractivity (Wildman–Crippen MR) is 95.9 cm³/mol. The topological polar surface area (TPSA) is 52.1 Å². The molecule has 128 valence electrons. The predicted octanol–water partition coefficient (Wildman–Crippen LogP) is 4.97. The van der Waals surface area contributed by atoms with Crippen LogP contribution in [0.25, 0.3) is 11.4 Å². The van der Waals surface area contributed by atoms with Gasteiger partial charge in [0, 0.05) is 24.4 Å². The van der Waals surface area contributed by atoms with E-state index in [9.17, 15) is 4.79 Å². The summed E-state index contributed by atoms with van der Waals surface area (Å²) in [5, 5.41) is 0. The SMILES string of the molecule is CCCCCc1cnc(-c2ccc(OC(=O)CCCC)cc2)nc1. The molecule has 1 heterocycles. The van der Waals surface area contributed by atoms with Gasteiger partial charge in [-0.05, 0) is 49.1 Å². The number of aromatic nitrogens is 2. The second kappa shape index (κ2) is 9.81. The van der Waals surface area contributed by atoms with Gasteiger partial charge in [-0.15, -0.1) is 0 Å².